The normalized spacial score (nSPS) is 16.8. The third-order valence-electron chi connectivity index (χ3n) is 8.43. The molecule has 0 aliphatic carbocycles. The second-order valence-corrected chi connectivity index (χ2v) is 144. The van der Waals surface area contributed by atoms with Crippen molar-refractivity contribution in [2.75, 3.05) is 14.2 Å². The molecule has 40 radical (unpaired) electrons. The number of rotatable bonds is 44. The highest BCUT2D eigenvalue weighted by Gasteiger charge is 2.99. The smallest absolute Gasteiger partial charge is 0.424 e. The lowest BCUT2D eigenvalue weighted by Crippen LogP contribution is -3.13. The second kappa shape index (κ2) is 34.5. The summed E-state index contributed by atoms with van der Waals surface area (Å²) >= 11 is 0. The average molecular weight is 1550 g/mol. The van der Waals surface area contributed by atoms with E-state index >= 15 is 0 Å². The van der Waals surface area contributed by atoms with Gasteiger partial charge in [-0.15, -0.1) is 0 Å². The predicted octanol–water partition coefficient (Wildman–Crippen LogP) is -20.5. The Morgan fingerprint density at radius 3 is 0.986 bits per heavy atom. The molecule has 65 heteroatoms. The van der Waals surface area contributed by atoms with Crippen molar-refractivity contribution in [1.29, 1.82) is 0 Å². The van der Waals surface area contributed by atoms with Gasteiger partial charge in [-0.2, -0.15) is 0 Å². The molecule has 0 aromatic carbocycles. The molecule has 0 saturated carbocycles. The molecule has 72 heavy (non-hydrogen) atoms. The molecule has 3 atom stereocenters. The highest BCUT2D eigenvalue weighted by atomic mass is 30.5. The van der Waals surface area contributed by atoms with Gasteiger partial charge in [0.15, 0.2) is 8.32 Å². The van der Waals surface area contributed by atoms with Crippen LogP contribution in [-0.4, -0.2) is 384 Å². The second-order valence-electron chi connectivity index (χ2n) is 13.8. The fourth-order valence-electron chi connectivity index (χ4n) is 6.39. The van der Waals surface area contributed by atoms with Crippen molar-refractivity contribution < 1.29 is 150 Å². The molecule has 0 saturated heterocycles. The molecule has 0 amide bonds. The molecule has 0 aromatic rings. The molecule has 0 spiro atoms. The van der Waals surface area contributed by atoms with E-state index in [0.717, 1.165) is 14.2 Å². The van der Waals surface area contributed by atoms with Crippen molar-refractivity contribution >= 4 is 278 Å². The van der Waals surface area contributed by atoms with Crippen LogP contribution in [0.5, 0.6) is 0 Å². The zero-order valence-electron chi connectivity index (χ0n) is 37.2. The Morgan fingerprint density at radius 1 is 0.389 bits per heavy atom. The van der Waals surface area contributed by atoms with Gasteiger partial charge in [0.05, 0.1) is 16.9 Å². The van der Waals surface area contributed by atoms with E-state index in [4.69, 9.17) is 59.2 Å². The molecule has 3 unspecified atom stereocenters. The van der Waals surface area contributed by atoms with Crippen LogP contribution in [0.3, 0.4) is 0 Å². The molecule has 0 aliphatic rings. The minimum absolute atomic E-state index is 0.850. The SMILES string of the molecule is COO[Si]([Si])(O[Si]([Si](O[Si]O)([Si]O)[Si]O)([Si](O[Si]O)([Si]O)[Si]O)[Si](O[Si](C)(C)O[Si](C)(C)C)(O[Si](O[Si]O)([Si]O)[Si](O)OC)[Si](O[Si](O[Si]O)([Si]O)[Si]O)([Si](O[Si]O)([Si]O)[Si]O)[Si](O[Si]O)([Si]O)[Si]O)[Si]O. The molecule has 0 aliphatic heterocycles. The minimum atomic E-state index is -7.27. The topological polar surface area (TPSA) is 514 Å². The van der Waals surface area contributed by atoms with Crippen LogP contribution in [-0.2, 0) is 59.2 Å². The Morgan fingerprint density at radius 2 is 0.736 bits per heavy atom. The average Bonchev–Trinajstić information content (AvgIpc) is 3.35. The highest BCUT2D eigenvalue weighted by Crippen LogP contribution is 2.52. The summed E-state index contributed by atoms with van der Waals surface area (Å²) < 4.78 is 83.5. The van der Waals surface area contributed by atoms with Crippen molar-refractivity contribution in [3.05, 3.63) is 0 Å². The van der Waals surface area contributed by atoms with Crippen LogP contribution in [0.15, 0.2) is 0 Å². The summed E-state index contributed by atoms with van der Waals surface area (Å²) in [6.45, 7) is -30.3. The van der Waals surface area contributed by atoms with Gasteiger partial charge < -0.3 is 141 Å². The first kappa shape index (κ1) is 77.6. The number of hydrogen-bond acceptors (Lipinski definition) is 33. The highest BCUT2D eigenvalue weighted by molar-refractivity contribution is 8.23. The molecule has 0 aromatic heterocycles. The number of hydrogen-bond donors (Lipinski definition) is 19. The third kappa shape index (κ3) is 16.1. The van der Waals surface area contributed by atoms with Crippen LogP contribution in [0.4, 0.5) is 0 Å². The lowest BCUT2D eigenvalue weighted by atomic mass is 11.8. The summed E-state index contributed by atoms with van der Waals surface area (Å²) in [6, 6.07) is 0. The summed E-state index contributed by atoms with van der Waals surface area (Å²) in [5.41, 5.74) is 0. The van der Waals surface area contributed by atoms with Crippen molar-refractivity contribution in [3.63, 3.8) is 0 Å². The van der Waals surface area contributed by atoms with E-state index < -0.39 is 269 Å². The van der Waals surface area contributed by atoms with E-state index in [9.17, 15) is 91.1 Å². The monoisotopic (exact) mass is 1550 g/mol. The van der Waals surface area contributed by atoms with Crippen LogP contribution in [0.1, 0.15) is 0 Å². The van der Waals surface area contributed by atoms with Crippen LogP contribution in [0.25, 0.3) is 0 Å². The Kier molecular flexibility index (Phi) is 37.2. The van der Waals surface area contributed by atoms with E-state index in [1.54, 1.807) is 19.6 Å². The molecule has 0 bridgehead atoms. The standard InChI is InChI=1S/C7H40O33Si32/c1-27-29-63(41,48-14)38-71(67(52-18,53-19)32-44-10,68(54-20,55-21)33-45-11)66(37-62(6,7)36-61(3,4)5,40-65(51-17,31-43-9)60(26)28-2)72(69(56-22,57-23)34-46-12,70(58-24,59-25)35-47-13)39-64(49-15,50-16)30-42-8/h8-26H,1-7H3. The Bertz CT molecular complexity index is 1450. The summed E-state index contributed by atoms with van der Waals surface area (Å²) in [5.74, 6) is 0. The lowest BCUT2D eigenvalue weighted by Gasteiger charge is -2.69. The van der Waals surface area contributed by atoms with Gasteiger partial charge in [0.2, 0.25) is 102 Å². The summed E-state index contributed by atoms with van der Waals surface area (Å²) in [6.07, 6.45) is 0. The minimum Gasteiger partial charge on any atom is -0.437 e. The van der Waals surface area contributed by atoms with Crippen molar-refractivity contribution in [1.82, 2.24) is 0 Å². The van der Waals surface area contributed by atoms with Crippen molar-refractivity contribution in [3.8, 4) is 0 Å². The summed E-state index contributed by atoms with van der Waals surface area (Å²) in [4.78, 5) is 228. The van der Waals surface area contributed by atoms with Gasteiger partial charge in [0, 0.05) is 7.11 Å². The molecule has 19 N–H and O–H groups in total. The van der Waals surface area contributed by atoms with Crippen LogP contribution < -0.4 is 0 Å². The Hall–Kier alpha value is 5.62. The molecule has 0 fully saturated rings. The first-order valence-electron chi connectivity index (χ1n) is 17.6. The van der Waals surface area contributed by atoms with Gasteiger partial charge in [-0.05, 0) is 32.7 Å². The van der Waals surface area contributed by atoms with Gasteiger partial charge in [0.1, 0.15) is 0 Å². The Balaban J connectivity index is 12.7. The van der Waals surface area contributed by atoms with Crippen LogP contribution >= 0.6 is 0 Å². The fourth-order valence-corrected chi connectivity index (χ4v) is 413. The molecular formula is C7H40O33Si32. The van der Waals surface area contributed by atoms with E-state index in [0.29, 0.717) is 0 Å². The van der Waals surface area contributed by atoms with Gasteiger partial charge >= 0.3 is 108 Å². The molecule has 394 valence electrons. The molecular weight excluding hydrogens is 1510 g/mol. The van der Waals surface area contributed by atoms with Crippen molar-refractivity contribution in [2.45, 2.75) is 32.7 Å². The van der Waals surface area contributed by atoms with E-state index in [1.807, 2.05) is 0 Å². The molecule has 33 nitrogen and oxygen atoms in total. The zero-order chi connectivity index (χ0) is 56.2. The van der Waals surface area contributed by atoms with Gasteiger partial charge in [-0.25, -0.2) is 4.89 Å². The van der Waals surface area contributed by atoms with E-state index in [-0.39, 0.29) is 0 Å². The summed E-state index contributed by atoms with van der Waals surface area (Å²) in [7, 11) is -66.8. The zero-order valence-corrected chi connectivity index (χ0v) is 69.2. The maximum Gasteiger partial charge on any atom is 0.424 e. The van der Waals surface area contributed by atoms with Gasteiger partial charge in [0.25, 0.3) is 50.9 Å². The van der Waals surface area contributed by atoms with Gasteiger partial charge in [-0.1, -0.05) is 0 Å². The lowest BCUT2D eigenvalue weighted by molar-refractivity contribution is -0.193. The van der Waals surface area contributed by atoms with Crippen LogP contribution in [0.2, 0.25) is 32.7 Å². The third-order valence-corrected chi connectivity index (χ3v) is 240. The van der Waals surface area contributed by atoms with E-state index in [1.165, 1.54) is 13.1 Å². The van der Waals surface area contributed by atoms with Crippen molar-refractivity contribution in [2.24, 2.45) is 0 Å². The first-order chi connectivity index (χ1) is 33.7. The quantitative estimate of drug-likeness (QED) is 0.0153. The van der Waals surface area contributed by atoms with Gasteiger partial charge in [-0.3, -0.25) is 4.58 Å². The predicted molar refractivity (Wildman–Crippen MR) is 283 cm³/mol. The first-order valence-corrected chi connectivity index (χ1v) is 80.9. The van der Waals surface area contributed by atoms with Crippen LogP contribution in [0, 0.1) is 0 Å². The molecule has 0 heterocycles. The Labute approximate surface area is 471 Å². The summed E-state index contributed by atoms with van der Waals surface area (Å²) in [5, 5.41) is 0. The maximum absolute atomic E-state index is 12.3. The fraction of sp³-hybridized carbons (Fsp3) is 1.00. The molecule has 0 rings (SSSR count). The largest absolute Gasteiger partial charge is 0.437 e. The maximum atomic E-state index is 12.3. The van der Waals surface area contributed by atoms with E-state index in [2.05, 4.69) is 9.76 Å².